The molecule has 0 saturated heterocycles. The minimum atomic E-state index is -0.911. The van der Waals surface area contributed by atoms with Crippen molar-refractivity contribution in [2.24, 2.45) is 0 Å². The van der Waals surface area contributed by atoms with Gasteiger partial charge in [-0.05, 0) is 0 Å². The van der Waals surface area contributed by atoms with Crippen LogP contribution < -0.4 is 10.6 Å². The van der Waals surface area contributed by atoms with Crippen molar-refractivity contribution in [1.82, 2.24) is 10.6 Å². The van der Waals surface area contributed by atoms with E-state index in [2.05, 4.69) is 10.6 Å². The molecule has 0 aromatic rings. The van der Waals surface area contributed by atoms with Crippen LogP contribution in [0, 0.1) is 11.3 Å². The van der Waals surface area contributed by atoms with Gasteiger partial charge < -0.3 is 20.5 Å². The number of hydrogen-bond donors (Lipinski definition) is 3. The maximum atomic E-state index is 11.1. The Balaban J connectivity index is 3.99. The molecule has 0 fully saturated rings. The molecule has 3 N–H and O–H groups in total. The van der Waals surface area contributed by atoms with Gasteiger partial charge in [0.05, 0.1) is 25.3 Å². The van der Waals surface area contributed by atoms with Crippen LogP contribution >= 0.6 is 0 Å². The Kier molecular flexibility index (Phi) is 6.88. The fourth-order valence-corrected chi connectivity index (χ4v) is 0.792. The summed E-state index contributed by atoms with van der Waals surface area (Å²) in [6, 6.07) is 1.03. The fourth-order valence-electron chi connectivity index (χ4n) is 0.792. The van der Waals surface area contributed by atoms with Crippen LogP contribution in [0.15, 0.2) is 0 Å². The van der Waals surface area contributed by atoms with Gasteiger partial charge in [-0.25, -0.2) is 0 Å². The van der Waals surface area contributed by atoms with Crippen molar-refractivity contribution in [1.29, 1.82) is 5.26 Å². The number of amides is 2. The zero-order valence-corrected chi connectivity index (χ0v) is 8.32. The first-order valence-electron chi connectivity index (χ1n) is 4.21. The predicted molar refractivity (Wildman–Crippen MR) is 49.5 cm³/mol. The zero-order chi connectivity index (χ0) is 11.7. The van der Waals surface area contributed by atoms with Crippen LogP contribution in [0.3, 0.4) is 0 Å². The van der Waals surface area contributed by atoms with Crippen molar-refractivity contribution in [2.75, 3.05) is 26.9 Å². The van der Waals surface area contributed by atoms with Crippen LogP contribution in [-0.4, -0.2) is 49.8 Å². The number of carbonyl (C=O) groups excluding carboxylic acids is 2. The highest BCUT2D eigenvalue weighted by Crippen LogP contribution is 1.83. The standard InChI is InChI=1S/C8H13N3O4/c1-15-5-6(4-12)11-8(14)7(13)10-3-2-9/h6,12H,3-5H2,1H3,(H,10,13)(H,11,14). The van der Waals surface area contributed by atoms with E-state index in [1.54, 1.807) is 6.07 Å². The summed E-state index contributed by atoms with van der Waals surface area (Å²) in [5.74, 6) is -1.81. The number of aliphatic hydroxyl groups is 1. The van der Waals surface area contributed by atoms with E-state index in [1.807, 2.05) is 0 Å². The lowest BCUT2D eigenvalue weighted by atomic mass is 10.3. The Morgan fingerprint density at radius 2 is 2.20 bits per heavy atom. The van der Waals surface area contributed by atoms with E-state index >= 15 is 0 Å². The number of nitrogens with zero attached hydrogens (tertiary/aromatic N) is 1. The Morgan fingerprint density at radius 1 is 1.53 bits per heavy atom. The molecule has 0 aromatic carbocycles. The lowest BCUT2D eigenvalue weighted by Gasteiger charge is -2.14. The first-order valence-corrected chi connectivity index (χ1v) is 4.21. The summed E-state index contributed by atoms with van der Waals surface area (Å²) < 4.78 is 4.70. The Hall–Kier alpha value is -1.65. The molecule has 1 atom stereocenters. The molecule has 0 aliphatic heterocycles. The third kappa shape index (κ3) is 5.61. The number of ether oxygens (including phenoxy) is 1. The SMILES string of the molecule is COCC(CO)NC(=O)C(=O)NCC#N. The van der Waals surface area contributed by atoms with Gasteiger partial charge in [0.2, 0.25) is 0 Å². The second kappa shape index (κ2) is 7.73. The molecular weight excluding hydrogens is 202 g/mol. The molecule has 7 nitrogen and oxygen atoms in total. The molecule has 0 rings (SSSR count). The smallest absolute Gasteiger partial charge is 0.310 e. The quantitative estimate of drug-likeness (QED) is 0.354. The molecule has 84 valence electrons. The molecule has 15 heavy (non-hydrogen) atoms. The number of nitrogens with one attached hydrogen (secondary N) is 2. The van der Waals surface area contributed by atoms with Gasteiger partial charge in [-0.15, -0.1) is 0 Å². The molecule has 0 aromatic heterocycles. The van der Waals surface area contributed by atoms with E-state index in [9.17, 15) is 9.59 Å². The minimum Gasteiger partial charge on any atom is -0.394 e. The highest BCUT2D eigenvalue weighted by atomic mass is 16.5. The highest BCUT2D eigenvalue weighted by Gasteiger charge is 2.17. The third-order valence-corrected chi connectivity index (χ3v) is 1.46. The van der Waals surface area contributed by atoms with Gasteiger partial charge in [-0.1, -0.05) is 0 Å². The van der Waals surface area contributed by atoms with Crippen LogP contribution in [0.4, 0.5) is 0 Å². The number of nitriles is 1. The van der Waals surface area contributed by atoms with Crippen LogP contribution in [0.2, 0.25) is 0 Å². The van der Waals surface area contributed by atoms with Gasteiger partial charge in [0.1, 0.15) is 6.54 Å². The van der Waals surface area contributed by atoms with E-state index in [0.717, 1.165) is 0 Å². The Morgan fingerprint density at radius 3 is 2.67 bits per heavy atom. The molecule has 0 heterocycles. The minimum absolute atomic E-state index is 0.105. The highest BCUT2D eigenvalue weighted by molar-refractivity contribution is 6.35. The maximum absolute atomic E-state index is 11.1. The number of methoxy groups -OCH3 is 1. The van der Waals surface area contributed by atoms with Crippen molar-refractivity contribution in [2.45, 2.75) is 6.04 Å². The zero-order valence-electron chi connectivity index (χ0n) is 8.32. The van der Waals surface area contributed by atoms with Gasteiger partial charge in [0, 0.05) is 7.11 Å². The molecule has 0 saturated carbocycles. The number of aliphatic hydroxyl groups excluding tert-OH is 1. The first-order chi connectivity index (χ1) is 7.15. The molecule has 0 radical (unpaired) electrons. The third-order valence-electron chi connectivity index (χ3n) is 1.46. The molecule has 7 heteroatoms. The van der Waals surface area contributed by atoms with Crippen LogP contribution in [0.25, 0.3) is 0 Å². The topological polar surface area (TPSA) is 111 Å². The van der Waals surface area contributed by atoms with Crippen molar-refractivity contribution < 1.29 is 19.4 Å². The molecule has 0 aliphatic rings. The summed E-state index contributed by atoms with van der Waals surface area (Å²) in [6.07, 6.45) is 0. The average molecular weight is 215 g/mol. The first kappa shape index (κ1) is 13.4. The van der Waals surface area contributed by atoms with Crippen LogP contribution in [0.1, 0.15) is 0 Å². The van der Waals surface area contributed by atoms with E-state index < -0.39 is 17.9 Å². The molecule has 0 spiro atoms. The molecular formula is C8H13N3O4. The molecule has 2 amide bonds. The fraction of sp³-hybridized carbons (Fsp3) is 0.625. The Labute approximate surface area is 87.0 Å². The van der Waals surface area contributed by atoms with Crippen molar-refractivity contribution in [3.8, 4) is 6.07 Å². The van der Waals surface area contributed by atoms with Gasteiger partial charge in [-0.3, -0.25) is 9.59 Å². The molecule has 0 bridgehead atoms. The predicted octanol–water partition coefficient (Wildman–Crippen LogP) is -2.25. The van der Waals surface area contributed by atoms with Crippen molar-refractivity contribution >= 4 is 11.8 Å². The largest absolute Gasteiger partial charge is 0.394 e. The summed E-state index contributed by atoms with van der Waals surface area (Å²) >= 11 is 0. The van der Waals surface area contributed by atoms with Gasteiger partial charge in [0.25, 0.3) is 0 Å². The van der Waals surface area contributed by atoms with E-state index in [1.165, 1.54) is 7.11 Å². The molecule has 0 aliphatic carbocycles. The second-order valence-corrected chi connectivity index (χ2v) is 2.65. The van der Waals surface area contributed by atoms with E-state index in [4.69, 9.17) is 15.1 Å². The molecule has 1 unspecified atom stereocenters. The maximum Gasteiger partial charge on any atom is 0.310 e. The van der Waals surface area contributed by atoms with Crippen molar-refractivity contribution in [3.63, 3.8) is 0 Å². The van der Waals surface area contributed by atoms with E-state index in [0.29, 0.717) is 0 Å². The van der Waals surface area contributed by atoms with Crippen LogP contribution in [-0.2, 0) is 14.3 Å². The second-order valence-electron chi connectivity index (χ2n) is 2.65. The summed E-state index contributed by atoms with van der Waals surface area (Å²) in [7, 11) is 1.41. The van der Waals surface area contributed by atoms with E-state index in [-0.39, 0.29) is 19.8 Å². The summed E-state index contributed by atoms with van der Waals surface area (Å²) in [6.45, 7) is -0.459. The lowest BCUT2D eigenvalue weighted by molar-refractivity contribution is -0.139. The van der Waals surface area contributed by atoms with Gasteiger partial charge >= 0.3 is 11.8 Å². The van der Waals surface area contributed by atoms with Crippen molar-refractivity contribution in [3.05, 3.63) is 0 Å². The lowest BCUT2D eigenvalue weighted by Crippen LogP contribution is -2.47. The normalized spacial score (nSPS) is 11.3. The monoisotopic (exact) mass is 215 g/mol. The van der Waals surface area contributed by atoms with Gasteiger partial charge in [-0.2, -0.15) is 5.26 Å². The summed E-state index contributed by atoms with van der Waals surface area (Å²) in [5.41, 5.74) is 0. The Bertz CT molecular complexity index is 261. The van der Waals surface area contributed by atoms with Gasteiger partial charge in [0.15, 0.2) is 0 Å². The summed E-state index contributed by atoms with van der Waals surface area (Å²) in [5, 5.41) is 21.2. The number of rotatable bonds is 5. The van der Waals surface area contributed by atoms with Crippen LogP contribution in [0.5, 0.6) is 0 Å². The number of carbonyl (C=O) groups is 2. The number of hydrogen-bond acceptors (Lipinski definition) is 5. The average Bonchev–Trinajstić information content (AvgIpc) is 2.24. The summed E-state index contributed by atoms with van der Waals surface area (Å²) in [4.78, 5) is 22.1.